The molecule has 6 heteroatoms. The molecule has 0 radical (unpaired) electrons. The molecule has 0 spiro atoms. The smallest absolute Gasteiger partial charge is 0.234 e. The first-order valence-electron chi connectivity index (χ1n) is 4.57. The van der Waals surface area contributed by atoms with E-state index in [9.17, 15) is 13.2 Å². The molecular formula is C8H18N2O3S. The van der Waals surface area contributed by atoms with E-state index in [1.54, 1.807) is 0 Å². The Morgan fingerprint density at radius 2 is 2.07 bits per heavy atom. The van der Waals surface area contributed by atoms with E-state index < -0.39 is 15.7 Å². The zero-order valence-electron chi connectivity index (χ0n) is 8.62. The Hall–Kier alpha value is -0.620. The van der Waals surface area contributed by atoms with Crippen molar-refractivity contribution in [1.29, 1.82) is 0 Å². The number of carbonyl (C=O) groups is 1. The molecule has 0 saturated heterocycles. The molecule has 0 aliphatic rings. The van der Waals surface area contributed by atoms with Crippen molar-refractivity contribution in [2.75, 3.05) is 18.6 Å². The third kappa shape index (κ3) is 6.85. The van der Waals surface area contributed by atoms with Crippen molar-refractivity contribution in [3.8, 4) is 0 Å². The van der Waals surface area contributed by atoms with Crippen molar-refractivity contribution >= 4 is 15.7 Å². The molecule has 0 aliphatic carbocycles. The van der Waals surface area contributed by atoms with E-state index in [0.717, 1.165) is 0 Å². The summed E-state index contributed by atoms with van der Waals surface area (Å²) in [5, 5.41) is 2.90. The maximum absolute atomic E-state index is 10.8. The van der Waals surface area contributed by atoms with Crippen LogP contribution in [0.3, 0.4) is 0 Å². The highest BCUT2D eigenvalue weighted by Crippen LogP contribution is 1.91. The van der Waals surface area contributed by atoms with Crippen LogP contribution in [0.15, 0.2) is 0 Å². The topological polar surface area (TPSA) is 89.3 Å². The van der Waals surface area contributed by atoms with Crippen LogP contribution in [0.5, 0.6) is 0 Å². The van der Waals surface area contributed by atoms with Crippen LogP contribution >= 0.6 is 0 Å². The lowest BCUT2D eigenvalue weighted by molar-refractivity contribution is -0.120. The Labute approximate surface area is 85.0 Å². The van der Waals surface area contributed by atoms with Crippen molar-refractivity contribution in [3.63, 3.8) is 0 Å². The van der Waals surface area contributed by atoms with Gasteiger partial charge in [0.15, 0.2) is 0 Å². The largest absolute Gasteiger partial charge is 0.368 e. The summed E-state index contributed by atoms with van der Waals surface area (Å²) in [6, 6.07) is -0.352. The van der Waals surface area contributed by atoms with Crippen molar-refractivity contribution in [3.05, 3.63) is 0 Å². The van der Waals surface area contributed by atoms with Gasteiger partial charge in [0.1, 0.15) is 9.84 Å². The number of hydrogen-bond donors (Lipinski definition) is 2. The quantitative estimate of drug-likeness (QED) is 0.556. The molecule has 0 aliphatic heterocycles. The van der Waals surface area contributed by atoms with Crippen molar-refractivity contribution in [2.24, 2.45) is 5.73 Å². The molecule has 84 valence electrons. The van der Waals surface area contributed by atoms with Gasteiger partial charge in [0, 0.05) is 6.26 Å². The average molecular weight is 222 g/mol. The van der Waals surface area contributed by atoms with Gasteiger partial charge in [-0.1, -0.05) is 6.92 Å². The average Bonchev–Trinajstić information content (AvgIpc) is 2.01. The minimum absolute atomic E-state index is 0.134. The van der Waals surface area contributed by atoms with E-state index >= 15 is 0 Å². The van der Waals surface area contributed by atoms with Crippen LogP contribution in [-0.4, -0.2) is 38.9 Å². The van der Waals surface area contributed by atoms with E-state index in [-0.39, 0.29) is 11.8 Å². The van der Waals surface area contributed by atoms with Gasteiger partial charge in [0.2, 0.25) is 5.91 Å². The van der Waals surface area contributed by atoms with Crippen LogP contribution in [0, 0.1) is 0 Å². The van der Waals surface area contributed by atoms with Crippen LogP contribution in [0.2, 0.25) is 0 Å². The predicted molar refractivity (Wildman–Crippen MR) is 55.6 cm³/mol. The van der Waals surface area contributed by atoms with Crippen LogP contribution < -0.4 is 11.1 Å². The maximum Gasteiger partial charge on any atom is 0.234 e. The molecule has 3 N–H and O–H groups in total. The lowest BCUT2D eigenvalue weighted by atomic mass is 10.2. The number of sulfone groups is 1. The fourth-order valence-corrected chi connectivity index (χ4v) is 1.73. The predicted octanol–water partition coefficient (Wildman–Crippen LogP) is -0.725. The van der Waals surface area contributed by atoms with Crippen LogP contribution in [0.1, 0.15) is 19.8 Å². The maximum atomic E-state index is 10.8. The highest BCUT2D eigenvalue weighted by molar-refractivity contribution is 7.90. The van der Waals surface area contributed by atoms with Crippen molar-refractivity contribution < 1.29 is 13.2 Å². The molecule has 0 saturated carbocycles. The monoisotopic (exact) mass is 222 g/mol. The lowest BCUT2D eigenvalue weighted by Gasteiger charge is -2.12. The van der Waals surface area contributed by atoms with Gasteiger partial charge < -0.3 is 11.1 Å². The molecule has 0 aromatic carbocycles. The summed E-state index contributed by atoms with van der Waals surface area (Å²) >= 11 is 0. The third-order valence-corrected chi connectivity index (χ3v) is 2.86. The third-order valence-electron chi connectivity index (χ3n) is 1.83. The number of nitrogens with two attached hydrogens (primary N) is 1. The fraction of sp³-hybridized carbons (Fsp3) is 0.875. The standard InChI is InChI=1S/C8H18N2O3S/c1-3-7(8(9)11)10-5-4-6-14(2,12)13/h7,10H,3-6H2,1-2H3,(H2,9,11). The second-order valence-electron chi connectivity index (χ2n) is 3.30. The normalized spacial score (nSPS) is 13.9. The summed E-state index contributed by atoms with van der Waals surface area (Å²) < 4.78 is 21.5. The van der Waals surface area contributed by atoms with E-state index in [0.29, 0.717) is 19.4 Å². The van der Waals surface area contributed by atoms with Gasteiger partial charge >= 0.3 is 0 Å². The highest BCUT2D eigenvalue weighted by Gasteiger charge is 2.11. The second-order valence-corrected chi connectivity index (χ2v) is 5.56. The molecule has 0 fully saturated rings. The number of carbonyl (C=O) groups excluding carboxylic acids is 1. The molecule has 0 rings (SSSR count). The van der Waals surface area contributed by atoms with Crippen LogP contribution in [0.4, 0.5) is 0 Å². The number of nitrogens with one attached hydrogen (secondary N) is 1. The number of hydrogen-bond acceptors (Lipinski definition) is 4. The number of rotatable bonds is 7. The Morgan fingerprint density at radius 1 is 1.50 bits per heavy atom. The van der Waals surface area contributed by atoms with Gasteiger partial charge in [-0.15, -0.1) is 0 Å². The molecule has 0 bridgehead atoms. The van der Waals surface area contributed by atoms with Crippen LogP contribution in [-0.2, 0) is 14.6 Å². The van der Waals surface area contributed by atoms with Crippen molar-refractivity contribution in [2.45, 2.75) is 25.8 Å². The summed E-state index contributed by atoms with van der Waals surface area (Å²) in [6.45, 7) is 2.34. The number of primary amides is 1. The van der Waals surface area contributed by atoms with Gasteiger partial charge in [-0.3, -0.25) is 4.79 Å². The molecule has 1 amide bonds. The summed E-state index contributed by atoms with van der Waals surface area (Å²) in [6.07, 6.45) is 2.31. The highest BCUT2D eigenvalue weighted by atomic mass is 32.2. The van der Waals surface area contributed by atoms with Crippen molar-refractivity contribution in [1.82, 2.24) is 5.32 Å². The summed E-state index contributed by atoms with van der Waals surface area (Å²) in [7, 11) is -2.91. The van der Waals surface area contributed by atoms with Gasteiger partial charge in [-0.05, 0) is 19.4 Å². The molecule has 0 aromatic heterocycles. The minimum atomic E-state index is -2.91. The molecule has 5 nitrogen and oxygen atoms in total. The molecule has 0 aromatic rings. The summed E-state index contributed by atoms with van der Waals surface area (Å²) in [5.41, 5.74) is 5.10. The Balaban J connectivity index is 3.68. The summed E-state index contributed by atoms with van der Waals surface area (Å²) in [4.78, 5) is 10.8. The molecule has 0 heterocycles. The minimum Gasteiger partial charge on any atom is -0.368 e. The van der Waals surface area contributed by atoms with E-state index in [2.05, 4.69) is 5.32 Å². The fourth-order valence-electron chi connectivity index (χ4n) is 1.06. The van der Waals surface area contributed by atoms with E-state index in [1.807, 2.05) is 6.92 Å². The Morgan fingerprint density at radius 3 is 2.43 bits per heavy atom. The van der Waals surface area contributed by atoms with Gasteiger partial charge in [-0.25, -0.2) is 8.42 Å². The first-order valence-corrected chi connectivity index (χ1v) is 6.63. The molecule has 1 atom stereocenters. The number of amides is 1. The lowest BCUT2D eigenvalue weighted by Crippen LogP contribution is -2.41. The first-order chi connectivity index (χ1) is 6.37. The Bertz CT molecular complexity index is 274. The van der Waals surface area contributed by atoms with E-state index in [1.165, 1.54) is 6.26 Å². The zero-order chi connectivity index (χ0) is 11.2. The van der Waals surface area contributed by atoms with Gasteiger partial charge in [0.05, 0.1) is 11.8 Å². The first kappa shape index (κ1) is 13.4. The van der Waals surface area contributed by atoms with Crippen LogP contribution in [0.25, 0.3) is 0 Å². The van der Waals surface area contributed by atoms with Gasteiger partial charge in [0.25, 0.3) is 0 Å². The molecule has 1 unspecified atom stereocenters. The SMILES string of the molecule is CCC(NCCCS(C)(=O)=O)C(N)=O. The van der Waals surface area contributed by atoms with E-state index in [4.69, 9.17) is 5.73 Å². The molecular weight excluding hydrogens is 204 g/mol. The molecule has 14 heavy (non-hydrogen) atoms. The second kappa shape index (κ2) is 5.98. The van der Waals surface area contributed by atoms with Gasteiger partial charge in [-0.2, -0.15) is 0 Å². The summed E-state index contributed by atoms with van der Waals surface area (Å²) in [5.74, 6) is -0.262. The Kier molecular flexibility index (Phi) is 5.71. The zero-order valence-corrected chi connectivity index (χ0v) is 9.43.